The zero-order valence-corrected chi connectivity index (χ0v) is 9.23. The van der Waals surface area contributed by atoms with Gasteiger partial charge in [-0.25, -0.2) is 0 Å². The molecule has 1 aromatic rings. The first-order chi connectivity index (χ1) is 6.81. The van der Waals surface area contributed by atoms with Gasteiger partial charge in [0.2, 0.25) is 0 Å². The van der Waals surface area contributed by atoms with Gasteiger partial charge in [0, 0.05) is 4.90 Å². The van der Waals surface area contributed by atoms with E-state index < -0.39 is 0 Å². The number of ether oxygens (including phenoxy) is 1. The summed E-state index contributed by atoms with van der Waals surface area (Å²) in [6, 6.07) is 7.71. The fourth-order valence-electron chi connectivity index (χ4n) is 1.05. The van der Waals surface area contributed by atoms with Crippen molar-refractivity contribution in [3.8, 4) is 11.8 Å². The third kappa shape index (κ3) is 2.68. The third-order valence-corrected chi connectivity index (χ3v) is 3.03. The van der Waals surface area contributed by atoms with Crippen LogP contribution >= 0.6 is 11.8 Å². The smallest absolute Gasteiger partial charge is 0.120 e. The molecule has 1 rings (SSSR count). The molecule has 0 aliphatic carbocycles. The number of hydrogen-bond acceptors (Lipinski definition) is 3. The van der Waals surface area contributed by atoms with Gasteiger partial charge < -0.3 is 4.74 Å². The summed E-state index contributed by atoms with van der Waals surface area (Å²) in [6.07, 6.45) is 1.10. The first-order valence-corrected chi connectivity index (χ1v) is 5.51. The van der Waals surface area contributed by atoms with E-state index in [2.05, 4.69) is 13.0 Å². The lowest BCUT2D eigenvalue weighted by atomic mass is 10.2. The summed E-state index contributed by atoms with van der Waals surface area (Å²) < 4.78 is 5.11. The number of benzene rings is 1. The molecular weight excluding hydrogens is 194 g/mol. The summed E-state index contributed by atoms with van der Waals surface area (Å²) in [5.41, 5.74) is 0.726. The molecule has 2 nitrogen and oxygen atoms in total. The van der Waals surface area contributed by atoms with Gasteiger partial charge >= 0.3 is 0 Å². The van der Waals surface area contributed by atoms with E-state index in [4.69, 9.17) is 10.00 Å². The van der Waals surface area contributed by atoms with E-state index in [-0.39, 0.29) is 0 Å². The van der Waals surface area contributed by atoms with Crippen LogP contribution in [0, 0.1) is 11.3 Å². The molecule has 3 heteroatoms. The average Bonchev–Trinajstić information content (AvgIpc) is 2.25. The number of hydrogen-bond donors (Lipinski definition) is 0. The van der Waals surface area contributed by atoms with Crippen molar-refractivity contribution in [2.75, 3.05) is 12.9 Å². The highest BCUT2D eigenvalue weighted by Gasteiger charge is 2.03. The van der Waals surface area contributed by atoms with Crippen LogP contribution in [0.25, 0.3) is 0 Å². The largest absolute Gasteiger partial charge is 0.497 e. The van der Waals surface area contributed by atoms with Crippen molar-refractivity contribution in [1.82, 2.24) is 0 Å². The van der Waals surface area contributed by atoms with Gasteiger partial charge in [0.15, 0.2) is 0 Å². The van der Waals surface area contributed by atoms with E-state index >= 15 is 0 Å². The van der Waals surface area contributed by atoms with Gasteiger partial charge in [-0.3, -0.25) is 0 Å². The Bertz CT molecular complexity index is 344. The molecule has 0 aromatic heterocycles. The molecule has 0 fully saturated rings. The van der Waals surface area contributed by atoms with Crippen LogP contribution in [0.4, 0.5) is 0 Å². The minimum absolute atomic E-state index is 0.726. The Labute approximate surface area is 88.9 Å². The van der Waals surface area contributed by atoms with Crippen LogP contribution in [0.2, 0.25) is 0 Å². The van der Waals surface area contributed by atoms with E-state index in [0.29, 0.717) is 0 Å². The topological polar surface area (TPSA) is 33.0 Å². The zero-order chi connectivity index (χ0) is 10.4. The molecule has 0 amide bonds. The van der Waals surface area contributed by atoms with Crippen LogP contribution < -0.4 is 4.74 Å². The van der Waals surface area contributed by atoms with Crippen molar-refractivity contribution in [2.24, 2.45) is 0 Å². The summed E-state index contributed by atoms with van der Waals surface area (Å²) in [7, 11) is 1.63. The second kappa shape index (κ2) is 5.56. The second-order valence-corrected chi connectivity index (χ2v) is 3.96. The molecule has 74 valence electrons. The highest BCUT2D eigenvalue weighted by atomic mass is 32.2. The van der Waals surface area contributed by atoms with Crippen LogP contribution in [0.5, 0.6) is 5.75 Å². The van der Waals surface area contributed by atoms with E-state index in [1.54, 1.807) is 24.9 Å². The van der Waals surface area contributed by atoms with Crippen LogP contribution in [0.3, 0.4) is 0 Å². The van der Waals surface area contributed by atoms with Gasteiger partial charge in [0.05, 0.1) is 12.7 Å². The second-order valence-electron chi connectivity index (χ2n) is 2.82. The number of nitrogens with zero attached hydrogens (tertiary/aromatic N) is 1. The highest BCUT2D eigenvalue weighted by Crippen LogP contribution is 2.27. The molecule has 0 saturated heterocycles. The van der Waals surface area contributed by atoms with Crippen molar-refractivity contribution < 1.29 is 4.74 Å². The summed E-state index contributed by atoms with van der Waals surface area (Å²) in [6.45, 7) is 2.12. The lowest BCUT2D eigenvalue weighted by Gasteiger charge is -2.05. The van der Waals surface area contributed by atoms with Gasteiger partial charge in [-0.1, -0.05) is 6.92 Å². The molecule has 0 heterocycles. The SMILES string of the molecule is CCCSc1cc(OC)ccc1C#N. The van der Waals surface area contributed by atoms with E-state index in [1.807, 2.05) is 12.1 Å². The molecule has 0 saturated carbocycles. The lowest BCUT2D eigenvalue weighted by Crippen LogP contribution is -1.87. The molecule has 0 aliphatic rings. The number of nitriles is 1. The standard InChI is InChI=1S/C11H13NOS/c1-3-6-14-11-7-10(13-2)5-4-9(11)8-12/h4-5,7H,3,6H2,1-2H3. The molecule has 0 atom stereocenters. The summed E-state index contributed by atoms with van der Waals surface area (Å²) in [4.78, 5) is 1.01. The molecule has 0 unspecified atom stereocenters. The van der Waals surface area contributed by atoms with Gasteiger partial charge in [0.1, 0.15) is 11.8 Å². The predicted molar refractivity (Wildman–Crippen MR) is 58.7 cm³/mol. The Morgan fingerprint density at radius 1 is 1.50 bits per heavy atom. The third-order valence-electron chi connectivity index (χ3n) is 1.77. The van der Waals surface area contributed by atoms with Crippen molar-refractivity contribution >= 4 is 11.8 Å². The van der Waals surface area contributed by atoms with Gasteiger partial charge in [-0.15, -0.1) is 11.8 Å². The average molecular weight is 207 g/mol. The molecular formula is C11H13NOS. The van der Waals surface area contributed by atoms with Crippen LogP contribution in [0.1, 0.15) is 18.9 Å². The number of methoxy groups -OCH3 is 1. The van der Waals surface area contributed by atoms with Gasteiger partial charge in [0.25, 0.3) is 0 Å². The summed E-state index contributed by atoms with van der Waals surface area (Å²) in [5.74, 6) is 1.84. The molecule has 0 spiro atoms. The molecule has 1 aromatic carbocycles. The highest BCUT2D eigenvalue weighted by molar-refractivity contribution is 7.99. The molecule has 0 N–H and O–H groups in total. The first kappa shape index (κ1) is 10.9. The van der Waals surface area contributed by atoms with E-state index in [1.165, 1.54) is 0 Å². The van der Waals surface area contributed by atoms with Crippen molar-refractivity contribution in [2.45, 2.75) is 18.2 Å². The lowest BCUT2D eigenvalue weighted by molar-refractivity contribution is 0.413. The predicted octanol–water partition coefficient (Wildman–Crippen LogP) is 3.07. The zero-order valence-electron chi connectivity index (χ0n) is 8.41. The summed E-state index contributed by atoms with van der Waals surface area (Å²) >= 11 is 1.70. The molecule has 0 bridgehead atoms. The Hall–Kier alpha value is -1.14. The van der Waals surface area contributed by atoms with Crippen molar-refractivity contribution in [3.63, 3.8) is 0 Å². The van der Waals surface area contributed by atoms with Crippen LogP contribution in [-0.4, -0.2) is 12.9 Å². The first-order valence-electron chi connectivity index (χ1n) is 4.52. The summed E-state index contributed by atoms with van der Waals surface area (Å²) in [5, 5.41) is 8.88. The van der Waals surface area contributed by atoms with Crippen molar-refractivity contribution in [3.05, 3.63) is 23.8 Å². The molecule has 0 radical (unpaired) electrons. The normalized spacial score (nSPS) is 9.50. The van der Waals surface area contributed by atoms with E-state index in [9.17, 15) is 0 Å². The molecule has 0 aliphatic heterocycles. The quantitative estimate of drug-likeness (QED) is 0.711. The maximum atomic E-state index is 8.88. The fraction of sp³-hybridized carbons (Fsp3) is 0.364. The Kier molecular flexibility index (Phi) is 4.34. The van der Waals surface area contributed by atoms with Crippen molar-refractivity contribution in [1.29, 1.82) is 5.26 Å². The fourth-order valence-corrected chi connectivity index (χ4v) is 1.95. The van der Waals surface area contributed by atoms with Gasteiger partial charge in [-0.2, -0.15) is 5.26 Å². The number of thioether (sulfide) groups is 1. The minimum atomic E-state index is 0.726. The van der Waals surface area contributed by atoms with E-state index in [0.717, 1.165) is 28.4 Å². The number of rotatable bonds is 4. The minimum Gasteiger partial charge on any atom is -0.497 e. The maximum absolute atomic E-state index is 8.88. The monoisotopic (exact) mass is 207 g/mol. The van der Waals surface area contributed by atoms with Gasteiger partial charge in [-0.05, 0) is 30.4 Å². The van der Waals surface area contributed by atoms with Crippen LogP contribution in [0.15, 0.2) is 23.1 Å². The Morgan fingerprint density at radius 3 is 2.86 bits per heavy atom. The Balaban J connectivity index is 2.91. The molecule has 14 heavy (non-hydrogen) atoms. The maximum Gasteiger partial charge on any atom is 0.120 e. The Morgan fingerprint density at radius 2 is 2.29 bits per heavy atom. The van der Waals surface area contributed by atoms with Crippen LogP contribution in [-0.2, 0) is 0 Å².